The molecule has 142 valence electrons. The first-order valence-electron chi connectivity index (χ1n) is 8.24. The Morgan fingerprint density at radius 1 is 1.40 bits per heavy atom. The molecule has 0 spiro atoms. The van der Waals surface area contributed by atoms with Crippen LogP contribution in [-0.4, -0.2) is 53.0 Å². The van der Waals surface area contributed by atoms with Crippen molar-refractivity contribution in [3.63, 3.8) is 0 Å². The molecule has 0 aliphatic carbocycles. The van der Waals surface area contributed by atoms with E-state index < -0.39 is 10.0 Å². The number of aliphatic imine (C=N–C) groups is 1. The SMILES string of the molecule is CCOCCCN=C(N)NCCS(=O)(=O)N1CCc2ccccc21.I. The summed E-state index contributed by atoms with van der Waals surface area (Å²) in [6.45, 7) is 4.58. The summed E-state index contributed by atoms with van der Waals surface area (Å²) in [6, 6.07) is 7.61. The standard InChI is InChI=1S/C16H26N4O3S.HI/c1-2-23-12-5-9-18-16(17)19-10-13-24(21,22)20-11-8-14-6-3-4-7-15(14)20;/h3-4,6-7H,2,5,8-13H2,1H3,(H3,17,18,19);1H. The summed E-state index contributed by atoms with van der Waals surface area (Å²) in [5.41, 5.74) is 7.60. The minimum atomic E-state index is -3.36. The fourth-order valence-corrected chi connectivity index (χ4v) is 4.01. The highest BCUT2D eigenvalue weighted by Crippen LogP contribution is 2.29. The van der Waals surface area contributed by atoms with Crippen molar-refractivity contribution in [3.8, 4) is 0 Å². The van der Waals surface area contributed by atoms with E-state index in [0.29, 0.717) is 26.3 Å². The second-order valence-electron chi connectivity index (χ2n) is 5.51. The number of nitrogens with two attached hydrogens (primary N) is 1. The summed E-state index contributed by atoms with van der Waals surface area (Å²) in [5.74, 6) is 0.250. The first-order valence-corrected chi connectivity index (χ1v) is 9.85. The van der Waals surface area contributed by atoms with Gasteiger partial charge in [0.1, 0.15) is 0 Å². The van der Waals surface area contributed by atoms with Gasteiger partial charge in [0.15, 0.2) is 5.96 Å². The van der Waals surface area contributed by atoms with Crippen molar-refractivity contribution in [1.29, 1.82) is 0 Å². The zero-order chi connectivity index (χ0) is 17.4. The van der Waals surface area contributed by atoms with Gasteiger partial charge < -0.3 is 15.8 Å². The maximum Gasteiger partial charge on any atom is 0.236 e. The van der Waals surface area contributed by atoms with E-state index >= 15 is 0 Å². The minimum absolute atomic E-state index is 0. The maximum absolute atomic E-state index is 12.5. The molecule has 9 heteroatoms. The molecule has 0 fully saturated rings. The van der Waals surface area contributed by atoms with Crippen LogP contribution in [0.1, 0.15) is 18.9 Å². The number of guanidine groups is 1. The van der Waals surface area contributed by atoms with Crippen LogP contribution in [0.15, 0.2) is 29.3 Å². The van der Waals surface area contributed by atoms with E-state index in [2.05, 4.69) is 10.3 Å². The van der Waals surface area contributed by atoms with Gasteiger partial charge in [-0.2, -0.15) is 0 Å². The Balaban J connectivity index is 0.00000312. The van der Waals surface area contributed by atoms with Crippen LogP contribution >= 0.6 is 24.0 Å². The van der Waals surface area contributed by atoms with E-state index in [1.165, 1.54) is 4.31 Å². The number of para-hydroxylation sites is 1. The number of fused-ring (bicyclic) bond motifs is 1. The number of nitrogens with zero attached hydrogens (tertiary/aromatic N) is 2. The van der Waals surface area contributed by atoms with Crippen LogP contribution in [0.4, 0.5) is 5.69 Å². The first-order chi connectivity index (χ1) is 11.5. The summed E-state index contributed by atoms with van der Waals surface area (Å²) in [4.78, 5) is 4.14. The smallest absolute Gasteiger partial charge is 0.236 e. The molecule has 0 bridgehead atoms. The van der Waals surface area contributed by atoms with E-state index in [0.717, 1.165) is 24.1 Å². The quantitative estimate of drug-likeness (QED) is 0.240. The number of benzene rings is 1. The molecule has 0 aromatic heterocycles. The largest absolute Gasteiger partial charge is 0.382 e. The van der Waals surface area contributed by atoms with Crippen LogP contribution in [0.3, 0.4) is 0 Å². The highest BCUT2D eigenvalue weighted by molar-refractivity contribution is 14.0. The molecule has 0 saturated heterocycles. The van der Waals surface area contributed by atoms with Gasteiger partial charge in [-0.3, -0.25) is 9.30 Å². The van der Waals surface area contributed by atoms with E-state index in [9.17, 15) is 8.42 Å². The van der Waals surface area contributed by atoms with Crippen molar-refractivity contribution in [2.45, 2.75) is 19.8 Å². The number of halogens is 1. The van der Waals surface area contributed by atoms with E-state index in [1.54, 1.807) is 0 Å². The minimum Gasteiger partial charge on any atom is -0.382 e. The number of sulfonamides is 1. The molecule has 1 aliphatic heterocycles. The van der Waals surface area contributed by atoms with Crippen LogP contribution in [0, 0.1) is 0 Å². The van der Waals surface area contributed by atoms with Crippen molar-refractivity contribution >= 4 is 45.6 Å². The fourth-order valence-electron chi connectivity index (χ4n) is 2.58. The molecule has 7 nitrogen and oxygen atoms in total. The third-order valence-corrected chi connectivity index (χ3v) is 5.55. The van der Waals surface area contributed by atoms with Gasteiger partial charge in [-0.1, -0.05) is 18.2 Å². The topological polar surface area (TPSA) is 97.0 Å². The van der Waals surface area contributed by atoms with Crippen molar-refractivity contribution < 1.29 is 13.2 Å². The highest BCUT2D eigenvalue weighted by atomic mass is 127. The average Bonchev–Trinajstić information content (AvgIpc) is 2.99. The molecule has 0 unspecified atom stereocenters. The number of hydrogen-bond donors (Lipinski definition) is 2. The van der Waals surface area contributed by atoms with Crippen LogP contribution in [0.25, 0.3) is 0 Å². The molecule has 0 amide bonds. The molecule has 0 atom stereocenters. The summed E-state index contributed by atoms with van der Waals surface area (Å²) < 4.78 is 31.7. The van der Waals surface area contributed by atoms with Crippen molar-refractivity contribution in [3.05, 3.63) is 29.8 Å². The van der Waals surface area contributed by atoms with Gasteiger partial charge in [-0.15, -0.1) is 24.0 Å². The zero-order valence-electron chi connectivity index (χ0n) is 14.5. The Hall–Kier alpha value is -1.07. The zero-order valence-corrected chi connectivity index (χ0v) is 17.6. The predicted molar refractivity (Wildman–Crippen MR) is 112 cm³/mol. The number of ether oxygens (including phenoxy) is 1. The van der Waals surface area contributed by atoms with Gasteiger partial charge >= 0.3 is 0 Å². The van der Waals surface area contributed by atoms with E-state index in [4.69, 9.17) is 10.5 Å². The first kappa shape index (κ1) is 22.0. The number of nitrogens with one attached hydrogen (secondary N) is 1. The molecule has 3 N–H and O–H groups in total. The molecular formula is C16H27IN4O3S. The molecule has 1 aliphatic rings. The average molecular weight is 482 g/mol. The monoisotopic (exact) mass is 482 g/mol. The van der Waals surface area contributed by atoms with Crippen molar-refractivity contribution in [2.24, 2.45) is 10.7 Å². The van der Waals surface area contributed by atoms with Gasteiger partial charge in [-0.25, -0.2) is 8.42 Å². The Morgan fingerprint density at radius 3 is 2.92 bits per heavy atom. The molecule has 1 aromatic rings. The van der Waals surface area contributed by atoms with Crippen LogP contribution in [0.2, 0.25) is 0 Å². The number of rotatable bonds is 9. The highest BCUT2D eigenvalue weighted by Gasteiger charge is 2.28. The Morgan fingerprint density at radius 2 is 2.16 bits per heavy atom. The molecule has 0 radical (unpaired) electrons. The Kier molecular flexibility index (Phi) is 9.51. The van der Waals surface area contributed by atoms with Gasteiger partial charge in [0, 0.05) is 32.8 Å². The van der Waals surface area contributed by atoms with Gasteiger partial charge in [0.25, 0.3) is 0 Å². The molecule has 0 saturated carbocycles. The van der Waals surface area contributed by atoms with E-state index in [-0.39, 0.29) is 42.2 Å². The molecule has 1 aromatic carbocycles. The molecule has 2 rings (SSSR count). The van der Waals surface area contributed by atoms with Gasteiger partial charge in [0.2, 0.25) is 10.0 Å². The Labute approximate surface area is 167 Å². The summed E-state index contributed by atoms with van der Waals surface area (Å²) in [6.07, 6.45) is 1.55. The van der Waals surface area contributed by atoms with Crippen LogP contribution in [-0.2, 0) is 21.2 Å². The lowest BCUT2D eigenvalue weighted by molar-refractivity contribution is 0.146. The van der Waals surface area contributed by atoms with Crippen molar-refractivity contribution in [1.82, 2.24) is 5.32 Å². The third kappa shape index (κ3) is 6.63. The van der Waals surface area contributed by atoms with Gasteiger partial charge in [0.05, 0.1) is 11.4 Å². The lowest BCUT2D eigenvalue weighted by atomic mass is 10.2. The van der Waals surface area contributed by atoms with Crippen LogP contribution < -0.4 is 15.4 Å². The lowest BCUT2D eigenvalue weighted by Crippen LogP contribution is -2.39. The fraction of sp³-hybridized carbons (Fsp3) is 0.562. The molecule has 1 heterocycles. The molecular weight excluding hydrogens is 455 g/mol. The number of hydrogen-bond acceptors (Lipinski definition) is 4. The Bertz CT molecular complexity index is 667. The second-order valence-corrected chi connectivity index (χ2v) is 7.52. The third-order valence-electron chi connectivity index (χ3n) is 3.78. The normalized spacial score (nSPS) is 14.1. The summed E-state index contributed by atoms with van der Waals surface area (Å²) in [7, 11) is -3.36. The lowest BCUT2D eigenvalue weighted by Gasteiger charge is -2.19. The summed E-state index contributed by atoms with van der Waals surface area (Å²) in [5, 5.41) is 2.86. The van der Waals surface area contributed by atoms with E-state index in [1.807, 2.05) is 31.2 Å². The second kappa shape index (κ2) is 10.8. The molecule has 25 heavy (non-hydrogen) atoms. The number of anilines is 1. The predicted octanol–water partition coefficient (Wildman–Crippen LogP) is 1.33. The van der Waals surface area contributed by atoms with Gasteiger partial charge in [-0.05, 0) is 31.4 Å². The van der Waals surface area contributed by atoms with Crippen molar-refractivity contribution in [2.75, 3.05) is 42.9 Å². The maximum atomic E-state index is 12.5. The van der Waals surface area contributed by atoms with Crippen LogP contribution in [0.5, 0.6) is 0 Å². The summed E-state index contributed by atoms with van der Waals surface area (Å²) >= 11 is 0.